The molecule has 0 aliphatic rings. The van der Waals surface area contributed by atoms with Gasteiger partial charge < -0.3 is 11.1 Å². The van der Waals surface area contributed by atoms with Crippen LogP contribution in [0.15, 0.2) is 11.1 Å². The maximum absolute atomic E-state index is 5.71. The number of thiophene rings is 1. The highest BCUT2D eigenvalue weighted by Gasteiger charge is 2.01. The molecule has 0 spiro atoms. The van der Waals surface area contributed by atoms with Gasteiger partial charge >= 0.3 is 0 Å². The van der Waals surface area contributed by atoms with Crippen LogP contribution in [0.2, 0.25) is 0 Å². The monoisotopic (exact) mass is 225 g/mol. The minimum Gasteiger partial charge on any atom is -0.370 e. The zero-order valence-corrected chi connectivity index (χ0v) is 10.6. The molecule has 0 radical (unpaired) electrons. The van der Waals surface area contributed by atoms with Crippen LogP contribution in [0.4, 0.5) is 0 Å². The lowest BCUT2D eigenvalue weighted by molar-refractivity contribution is 0.724. The van der Waals surface area contributed by atoms with Crippen molar-refractivity contribution in [1.82, 2.24) is 5.32 Å². The fourth-order valence-electron chi connectivity index (χ4n) is 1.23. The van der Waals surface area contributed by atoms with Gasteiger partial charge in [0, 0.05) is 15.8 Å². The Kier molecular flexibility index (Phi) is 4.15. The van der Waals surface area contributed by atoms with Crippen LogP contribution in [0, 0.1) is 13.8 Å². The first kappa shape index (κ1) is 12.0. The standard InChI is InChI=1S/C11H19N3S/c1-7(2)14-11(12)13-6-10-5-8(3)9(4)15-10/h5,7H,6H2,1-4H3,(H3,12,13,14). The summed E-state index contributed by atoms with van der Waals surface area (Å²) >= 11 is 1.78. The lowest BCUT2D eigenvalue weighted by Gasteiger charge is -2.07. The van der Waals surface area contributed by atoms with Crippen LogP contribution in [0.3, 0.4) is 0 Å². The average Bonchev–Trinajstić information content (AvgIpc) is 2.42. The molecule has 0 unspecified atom stereocenters. The second-order valence-electron chi connectivity index (χ2n) is 3.95. The Balaban J connectivity index is 2.55. The van der Waals surface area contributed by atoms with Crippen LogP contribution < -0.4 is 11.1 Å². The molecule has 1 aromatic heterocycles. The molecule has 0 aliphatic heterocycles. The third-order valence-corrected chi connectivity index (χ3v) is 3.20. The molecule has 15 heavy (non-hydrogen) atoms. The van der Waals surface area contributed by atoms with Gasteiger partial charge in [0.25, 0.3) is 0 Å². The first-order chi connectivity index (χ1) is 6.99. The molecule has 84 valence electrons. The Morgan fingerprint density at radius 3 is 2.67 bits per heavy atom. The number of hydrogen-bond donors (Lipinski definition) is 2. The second-order valence-corrected chi connectivity index (χ2v) is 5.29. The van der Waals surface area contributed by atoms with Crippen LogP contribution >= 0.6 is 11.3 Å². The molecule has 0 aromatic carbocycles. The number of hydrogen-bond acceptors (Lipinski definition) is 2. The van der Waals surface area contributed by atoms with Crippen molar-refractivity contribution in [1.29, 1.82) is 0 Å². The van der Waals surface area contributed by atoms with E-state index in [2.05, 4.69) is 30.2 Å². The first-order valence-corrected chi connectivity index (χ1v) is 5.93. The van der Waals surface area contributed by atoms with Crippen molar-refractivity contribution in [3.63, 3.8) is 0 Å². The summed E-state index contributed by atoms with van der Waals surface area (Å²) in [6.07, 6.45) is 0. The number of aliphatic imine (C=N–C) groups is 1. The van der Waals surface area contributed by atoms with E-state index in [1.165, 1.54) is 15.3 Å². The number of nitrogens with two attached hydrogens (primary N) is 1. The van der Waals surface area contributed by atoms with Gasteiger partial charge in [0.1, 0.15) is 0 Å². The Labute approximate surface area is 95.4 Å². The quantitative estimate of drug-likeness (QED) is 0.612. The van der Waals surface area contributed by atoms with Gasteiger partial charge in [0.05, 0.1) is 6.54 Å². The Morgan fingerprint density at radius 1 is 1.53 bits per heavy atom. The molecule has 0 fully saturated rings. The van der Waals surface area contributed by atoms with Crippen LogP contribution in [0.25, 0.3) is 0 Å². The zero-order chi connectivity index (χ0) is 11.4. The van der Waals surface area contributed by atoms with E-state index in [0.717, 1.165) is 0 Å². The van der Waals surface area contributed by atoms with Crippen molar-refractivity contribution < 1.29 is 0 Å². The predicted octanol–water partition coefficient (Wildman–Crippen LogP) is 2.18. The summed E-state index contributed by atoms with van der Waals surface area (Å²) in [7, 11) is 0. The largest absolute Gasteiger partial charge is 0.370 e. The number of rotatable bonds is 3. The van der Waals surface area contributed by atoms with Gasteiger partial charge in [0.15, 0.2) is 5.96 Å². The first-order valence-electron chi connectivity index (χ1n) is 5.11. The molecule has 0 atom stereocenters. The molecule has 3 N–H and O–H groups in total. The molecule has 3 nitrogen and oxygen atoms in total. The van der Waals surface area contributed by atoms with Gasteiger partial charge in [-0.2, -0.15) is 0 Å². The van der Waals surface area contributed by atoms with Gasteiger partial charge in [-0.1, -0.05) is 0 Å². The number of guanidine groups is 1. The zero-order valence-electron chi connectivity index (χ0n) is 9.79. The average molecular weight is 225 g/mol. The van der Waals surface area contributed by atoms with E-state index in [0.29, 0.717) is 18.5 Å². The molecule has 4 heteroatoms. The van der Waals surface area contributed by atoms with Gasteiger partial charge in [-0.25, -0.2) is 4.99 Å². The van der Waals surface area contributed by atoms with Gasteiger partial charge in [-0.05, 0) is 39.3 Å². The highest BCUT2D eigenvalue weighted by molar-refractivity contribution is 7.12. The van der Waals surface area contributed by atoms with E-state index in [-0.39, 0.29) is 0 Å². The van der Waals surface area contributed by atoms with Crippen molar-refractivity contribution in [2.45, 2.75) is 40.3 Å². The lowest BCUT2D eigenvalue weighted by Crippen LogP contribution is -2.36. The van der Waals surface area contributed by atoms with Crippen molar-refractivity contribution in [2.75, 3.05) is 0 Å². The summed E-state index contributed by atoms with van der Waals surface area (Å²) in [4.78, 5) is 6.90. The molecule has 0 amide bonds. The number of nitrogens with zero attached hydrogens (tertiary/aromatic N) is 1. The van der Waals surface area contributed by atoms with Crippen molar-refractivity contribution >= 4 is 17.3 Å². The minimum atomic E-state index is 0.334. The summed E-state index contributed by atoms with van der Waals surface area (Å²) in [5.74, 6) is 0.522. The molecule has 1 heterocycles. The molecule has 0 saturated carbocycles. The normalized spacial score (nSPS) is 12.2. The highest BCUT2D eigenvalue weighted by Crippen LogP contribution is 2.20. The summed E-state index contributed by atoms with van der Waals surface area (Å²) < 4.78 is 0. The van der Waals surface area contributed by atoms with Crippen LogP contribution in [0.1, 0.15) is 29.2 Å². The van der Waals surface area contributed by atoms with Crippen LogP contribution in [-0.4, -0.2) is 12.0 Å². The summed E-state index contributed by atoms with van der Waals surface area (Å²) in [5, 5.41) is 3.07. The maximum atomic E-state index is 5.71. The Bertz CT molecular complexity index is 333. The smallest absolute Gasteiger partial charge is 0.189 e. The Hall–Kier alpha value is -1.03. The predicted molar refractivity (Wildman–Crippen MR) is 67.4 cm³/mol. The molecular weight excluding hydrogens is 206 g/mol. The second kappa shape index (κ2) is 5.16. The molecule has 0 aliphatic carbocycles. The van der Waals surface area contributed by atoms with Crippen molar-refractivity contribution in [3.05, 3.63) is 21.4 Å². The fraction of sp³-hybridized carbons (Fsp3) is 0.545. The SMILES string of the molecule is Cc1cc(CN=C(N)NC(C)C)sc1C. The summed E-state index contributed by atoms with van der Waals surface area (Å²) in [5.41, 5.74) is 7.04. The van der Waals surface area contributed by atoms with E-state index in [1.807, 2.05) is 13.8 Å². The fourth-order valence-corrected chi connectivity index (χ4v) is 2.21. The molecule has 1 rings (SSSR count). The highest BCUT2D eigenvalue weighted by atomic mass is 32.1. The van der Waals surface area contributed by atoms with E-state index in [4.69, 9.17) is 5.73 Å². The van der Waals surface area contributed by atoms with E-state index >= 15 is 0 Å². The van der Waals surface area contributed by atoms with Crippen molar-refractivity contribution in [3.8, 4) is 0 Å². The molecule has 1 aromatic rings. The molecular formula is C11H19N3S. The summed E-state index contributed by atoms with van der Waals surface area (Å²) in [6, 6.07) is 2.51. The number of aryl methyl sites for hydroxylation is 2. The molecule has 0 saturated heterocycles. The van der Waals surface area contributed by atoms with Gasteiger partial charge in [-0.15, -0.1) is 11.3 Å². The van der Waals surface area contributed by atoms with Gasteiger partial charge in [-0.3, -0.25) is 0 Å². The molecule has 0 bridgehead atoms. The van der Waals surface area contributed by atoms with Crippen molar-refractivity contribution in [2.24, 2.45) is 10.7 Å². The third kappa shape index (κ3) is 3.91. The van der Waals surface area contributed by atoms with Gasteiger partial charge in [0.2, 0.25) is 0 Å². The maximum Gasteiger partial charge on any atom is 0.189 e. The number of nitrogens with one attached hydrogen (secondary N) is 1. The Morgan fingerprint density at radius 2 is 2.20 bits per heavy atom. The lowest BCUT2D eigenvalue weighted by atomic mass is 10.3. The van der Waals surface area contributed by atoms with Crippen LogP contribution in [-0.2, 0) is 6.54 Å². The summed E-state index contributed by atoms with van der Waals surface area (Å²) in [6.45, 7) is 9.01. The van der Waals surface area contributed by atoms with E-state index < -0.39 is 0 Å². The minimum absolute atomic E-state index is 0.334. The van der Waals surface area contributed by atoms with E-state index in [9.17, 15) is 0 Å². The van der Waals surface area contributed by atoms with E-state index in [1.54, 1.807) is 11.3 Å². The van der Waals surface area contributed by atoms with Crippen LogP contribution in [0.5, 0.6) is 0 Å². The topological polar surface area (TPSA) is 50.4 Å². The third-order valence-electron chi connectivity index (χ3n) is 2.06.